The summed E-state index contributed by atoms with van der Waals surface area (Å²) in [7, 11) is 3.33. The van der Waals surface area contributed by atoms with E-state index in [1.165, 1.54) is 0 Å². The fourth-order valence-electron chi connectivity index (χ4n) is 3.10. The Morgan fingerprint density at radius 3 is 2.59 bits per heavy atom. The first kappa shape index (κ1) is 19.0. The number of aromatic nitrogens is 3. The summed E-state index contributed by atoms with van der Waals surface area (Å²) in [6, 6.07) is 6.87. The molecule has 8 heteroatoms. The van der Waals surface area contributed by atoms with E-state index in [9.17, 15) is 9.59 Å². The van der Waals surface area contributed by atoms with E-state index in [0.717, 1.165) is 31.8 Å². The minimum absolute atomic E-state index is 0.0823. The Bertz CT molecular complexity index is 794. The van der Waals surface area contributed by atoms with Crippen molar-refractivity contribution in [1.82, 2.24) is 20.1 Å². The number of hydrogen-bond donors (Lipinski definition) is 2. The predicted molar refractivity (Wildman–Crippen MR) is 101 cm³/mol. The first-order chi connectivity index (χ1) is 13.1. The minimum atomic E-state index is -0.246. The van der Waals surface area contributed by atoms with Crippen LogP contribution in [-0.2, 0) is 11.8 Å². The highest BCUT2D eigenvalue weighted by molar-refractivity contribution is 5.99. The molecule has 1 aliphatic rings. The van der Waals surface area contributed by atoms with Gasteiger partial charge >= 0.3 is 0 Å². The van der Waals surface area contributed by atoms with Crippen molar-refractivity contribution in [3.05, 3.63) is 35.7 Å². The van der Waals surface area contributed by atoms with Crippen molar-refractivity contribution in [2.24, 2.45) is 7.05 Å². The van der Waals surface area contributed by atoms with Crippen LogP contribution < -0.4 is 15.4 Å². The second kappa shape index (κ2) is 8.77. The zero-order chi connectivity index (χ0) is 19.2. The molecule has 2 N–H and O–H groups in total. The van der Waals surface area contributed by atoms with Crippen molar-refractivity contribution < 1.29 is 14.3 Å². The van der Waals surface area contributed by atoms with Gasteiger partial charge in [0.15, 0.2) is 11.6 Å². The van der Waals surface area contributed by atoms with Crippen LogP contribution in [0.15, 0.2) is 24.3 Å². The second-order valence-electron chi connectivity index (χ2n) is 6.64. The molecule has 0 radical (unpaired) electrons. The Morgan fingerprint density at radius 2 is 1.93 bits per heavy atom. The van der Waals surface area contributed by atoms with Crippen LogP contribution in [0.5, 0.6) is 5.75 Å². The third kappa shape index (κ3) is 4.91. The van der Waals surface area contributed by atoms with E-state index in [2.05, 4.69) is 20.7 Å². The number of hydrogen-bond acceptors (Lipinski definition) is 6. The van der Waals surface area contributed by atoms with Gasteiger partial charge in [-0.05, 0) is 50.2 Å². The normalized spacial score (nSPS) is 14.7. The van der Waals surface area contributed by atoms with Gasteiger partial charge in [0, 0.05) is 31.4 Å². The number of ketones is 1. The molecule has 0 spiro atoms. The molecule has 1 aliphatic heterocycles. The van der Waals surface area contributed by atoms with Gasteiger partial charge < -0.3 is 10.1 Å². The van der Waals surface area contributed by atoms with Crippen LogP contribution in [0.1, 0.15) is 47.8 Å². The highest BCUT2D eigenvalue weighted by Gasteiger charge is 2.21. The van der Waals surface area contributed by atoms with Crippen LogP contribution in [0, 0.1) is 0 Å². The summed E-state index contributed by atoms with van der Waals surface area (Å²) in [5.41, 5.74) is 0.565. The second-order valence-corrected chi connectivity index (χ2v) is 6.64. The summed E-state index contributed by atoms with van der Waals surface area (Å²) in [6.45, 7) is 1.91. The highest BCUT2D eigenvalue weighted by atomic mass is 16.5. The summed E-state index contributed by atoms with van der Waals surface area (Å²) in [5.74, 6) is 1.87. The number of rotatable bonds is 7. The number of carbonyl (C=O) groups is 2. The van der Waals surface area contributed by atoms with E-state index in [4.69, 9.17) is 4.74 Å². The lowest BCUT2D eigenvalue weighted by Crippen LogP contribution is -2.27. The summed E-state index contributed by atoms with van der Waals surface area (Å²) in [4.78, 5) is 28.9. The Kier molecular flexibility index (Phi) is 6.18. The lowest BCUT2D eigenvalue weighted by atomic mass is 9.98. The van der Waals surface area contributed by atoms with Crippen molar-refractivity contribution in [2.45, 2.75) is 31.6 Å². The van der Waals surface area contributed by atoms with Crippen LogP contribution in [0.4, 0.5) is 5.95 Å². The number of anilines is 1. The molecule has 2 heterocycles. The van der Waals surface area contributed by atoms with Crippen molar-refractivity contribution in [3.8, 4) is 5.75 Å². The van der Waals surface area contributed by atoms with Crippen molar-refractivity contribution in [2.75, 3.05) is 25.5 Å². The maximum absolute atomic E-state index is 12.2. The van der Waals surface area contributed by atoms with Gasteiger partial charge in [-0.25, -0.2) is 4.68 Å². The molecule has 0 saturated carbocycles. The quantitative estimate of drug-likeness (QED) is 0.721. The number of ether oxygens (including phenoxy) is 1. The van der Waals surface area contributed by atoms with Gasteiger partial charge in [0.2, 0.25) is 11.9 Å². The van der Waals surface area contributed by atoms with Gasteiger partial charge in [-0.15, -0.1) is 0 Å². The summed E-state index contributed by atoms with van der Waals surface area (Å²) in [6.07, 6.45) is 2.22. The Hall–Kier alpha value is -2.74. The Morgan fingerprint density at radius 1 is 1.22 bits per heavy atom. The molecule has 1 aromatic heterocycles. The van der Waals surface area contributed by atoms with Gasteiger partial charge in [0.1, 0.15) is 5.75 Å². The van der Waals surface area contributed by atoms with Crippen LogP contribution >= 0.6 is 0 Å². The number of carbonyl (C=O) groups excluding carboxylic acids is 2. The number of benzene rings is 1. The summed E-state index contributed by atoms with van der Waals surface area (Å²) in [5, 5.41) is 10.5. The summed E-state index contributed by atoms with van der Waals surface area (Å²) < 4.78 is 6.66. The van der Waals surface area contributed by atoms with Gasteiger partial charge in [-0.2, -0.15) is 10.1 Å². The molecule has 0 atom stereocenters. The molecule has 1 amide bonds. The van der Waals surface area contributed by atoms with Crippen LogP contribution in [0.25, 0.3) is 0 Å². The number of nitrogens with one attached hydrogen (secondary N) is 2. The predicted octanol–water partition coefficient (Wildman–Crippen LogP) is 1.89. The molecule has 1 aromatic carbocycles. The van der Waals surface area contributed by atoms with E-state index in [-0.39, 0.29) is 24.5 Å². The standard InChI is InChI=1S/C19H25N5O3/c1-24-19(22-18(23-24)14-9-11-20-12-10-14)21-17(26)8-7-16(25)13-3-5-15(27-2)6-4-13/h3-6,14,20H,7-12H2,1-2H3,(H,21,22,23,26). The van der Waals surface area contributed by atoms with E-state index in [0.29, 0.717) is 23.2 Å². The molecule has 0 bridgehead atoms. The largest absolute Gasteiger partial charge is 0.497 e. The average molecular weight is 371 g/mol. The lowest BCUT2D eigenvalue weighted by molar-refractivity contribution is -0.116. The third-order valence-electron chi connectivity index (χ3n) is 4.73. The number of piperidine rings is 1. The molecule has 144 valence electrons. The monoisotopic (exact) mass is 371 g/mol. The van der Waals surface area contributed by atoms with Crippen molar-refractivity contribution in [1.29, 1.82) is 0 Å². The highest BCUT2D eigenvalue weighted by Crippen LogP contribution is 2.23. The topological polar surface area (TPSA) is 98.1 Å². The molecule has 0 aliphatic carbocycles. The van der Waals surface area contributed by atoms with Crippen molar-refractivity contribution >= 4 is 17.6 Å². The fourth-order valence-corrected chi connectivity index (χ4v) is 3.10. The molecule has 1 fully saturated rings. The zero-order valence-corrected chi connectivity index (χ0v) is 15.7. The average Bonchev–Trinajstić information content (AvgIpc) is 3.07. The van der Waals surface area contributed by atoms with Crippen molar-refractivity contribution in [3.63, 3.8) is 0 Å². The number of amides is 1. The molecular formula is C19H25N5O3. The SMILES string of the molecule is COc1ccc(C(=O)CCC(=O)Nc2nc(C3CCNCC3)nn2C)cc1. The third-order valence-corrected chi connectivity index (χ3v) is 4.73. The van der Waals surface area contributed by atoms with Crippen LogP contribution in [-0.4, -0.2) is 46.7 Å². The van der Waals surface area contributed by atoms with Gasteiger partial charge in [0.25, 0.3) is 0 Å². The fraction of sp³-hybridized carbons (Fsp3) is 0.474. The Labute approximate surface area is 158 Å². The molecule has 3 rings (SSSR count). The lowest BCUT2D eigenvalue weighted by Gasteiger charge is -2.19. The van der Waals surface area contributed by atoms with Crippen LogP contribution in [0.2, 0.25) is 0 Å². The number of Topliss-reactive ketones (excluding diaryl/α,β-unsaturated/α-hetero) is 1. The number of nitrogens with zero attached hydrogens (tertiary/aromatic N) is 3. The molecule has 1 saturated heterocycles. The first-order valence-electron chi connectivity index (χ1n) is 9.15. The van der Waals surface area contributed by atoms with E-state index in [1.807, 2.05) is 0 Å². The van der Waals surface area contributed by atoms with E-state index >= 15 is 0 Å². The molecule has 27 heavy (non-hydrogen) atoms. The number of aryl methyl sites for hydroxylation is 1. The van der Waals surface area contributed by atoms with Gasteiger partial charge in [-0.3, -0.25) is 14.9 Å². The van der Waals surface area contributed by atoms with Gasteiger partial charge in [0.05, 0.1) is 7.11 Å². The van der Waals surface area contributed by atoms with E-state index < -0.39 is 0 Å². The van der Waals surface area contributed by atoms with Crippen LogP contribution in [0.3, 0.4) is 0 Å². The molecule has 0 unspecified atom stereocenters. The molecular weight excluding hydrogens is 346 g/mol. The smallest absolute Gasteiger partial charge is 0.227 e. The maximum Gasteiger partial charge on any atom is 0.227 e. The molecule has 2 aromatic rings. The minimum Gasteiger partial charge on any atom is -0.497 e. The van der Waals surface area contributed by atoms with E-state index in [1.54, 1.807) is 43.1 Å². The first-order valence-corrected chi connectivity index (χ1v) is 9.15. The summed E-state index contributed by atoms with van der Waals surface area (Å²) >= 11 is 0. The maximum atomic E-state index is 12.2. The Balaban J connectivity index is 1.52. The number of methoxy groups -OCH3 is 1. The molecule has 8 nitrogen and oxygen atoms in total. The van der Waals surface area contributed by atoms with Gasteiger partial charge in [-0.1, -0.05) is 0 Å². The zero-order valence-electron chi connectivity index (χ0n) is 15.7.